The van der Waals surface area contributed by atoms with E-state index in [0.29, 0.717) is 38.7 Å². The second-order valence-corrected chi connectivity index (χ2v) is 8.87. The van der Waals surface area contributed by atoms with E-state index in [0.717, 1.165) is 5.56 Å². The topological polar surface area (TPSA) is 88.1 Å². The summed E-state index contributed by atoms with van der Waals surface area (Å²) in [5.74, 6) is 0.589. The molecule has 0 aromatic heterocycles. The van der Waals surface area contributed by atoms with Crippen molar-refractivity contribution in [2.75, 3.05) is 26.1 Å². The number of thioether (sulfide) groups is 1. The van der Waals surface area contributed by atoms with E-state index in [-0.39, 0.29) is 29.7 Å². The van der Waals surface area contributed by atoms with E-state index < -0.39 is 0 Å². The Hall–Kier alpha value is -2.75. The van der Waals surface area contributed by atoms with Crippen LogP contribution in [0.5, 0.6) is 17.2 Å². The number of methoxy groups -OCH3 is 2. The number of phenols is 1. The fourth-order valence-corrected chi connectivity index (χ4v) is 4.49. The second-order valence-electron chi connectivity index (χ2n) is 6.76. The molecule has 2 N–H and O–H groups in total. The Labute approximate surface area is 200 Å². The van der Waals surface area contributed by atoms with Crippen molar-refractivity contribution in [2.24, 2.45) is 0 Å². The van der Waals surface area contributed by atoms with Gasteiger partial charge in [-0.05, 0) is 48.4 Å². The lowest BCUT2D eigenvalue weighted by Gasteiger charge is -2.14. The number of ether oxygens (including phenoxy) is 2. The number of benzene rings is 2. The molecule has 32 heavy (non-hydrogen) atoms. The molecule has 0 bridgehead atoms. The van der Waals surface area contributed by atoms with Crippen LogP contribution in [0.25, 0.3) is 6.08 Å². The van der Waals surface area contributed by atoms with Crippen LogP contribution in [-0.4, -0.2) is 46.9 Å². The number of amides is 2. The molecule has 2 amide bonds. The van der Waals surface area contributed by atoms with Gasteiger partial charge >= 0.3 is 0 Å². The van der Waals surface area contributed by atoms with Crippen LogP contribution in [0, 0.1) is 0 Å². The van der Waals surface area contributed by atoms with E-state index in [1.54, 1.807) is 32.4 Å². The highest BCUT2D eigenvalue weighted by molar-refractivity contribution is 8.26. The number of aromatic hydroxyl groups is 1. The number of hydrogen-bond acceptors (Lipinski definition) is 7. The number of carbonyl (C=O) groups is 2. The number of halogens is 1. The van der Waals surface area contributed by atoms with Gasteiger partial charge in [-0.3, -0.25) is 14.5 Å². The number of nitrogens with zero attached hydrogens (tertiary/aromatic N) is 1. The molecule has 1 aliphatic rings. The minimum atomic E-state index is -0.297. The van der Waals surface area contributed by atoms with Gasteiger partial charge in [0.25, 0.3) is 5.91 Å². The predicted octanol–water partition coefficient (Wildman–Crippen LogP) is 4.68. The monoisotopic (exact) mass is 492 g/mol. The molecule has 1 aliphatic heterocycles. The Bertz CT molecular complexity index is 1090. The smallest absolute Gasteiger partial charge is 0.266 e. The summed E-state index contributed by atoms with van der Waals surface area (Å²) in [6.07, 6.45) is 2.30. The molecule has 1 fully saturated rings. The highest BCUT2D eigenvalue weighted by Gasteiger charge is 2.31. The molecule has 168 valence electrons. The van der Waals surface area contributed by atoms with Crippen molar-refractivity contribution in [2.45, 2.75) is 12.8 Å². The maximum absolute atomic E-state index is 12.8. The molecule has 1 heterocycles. The Kier molecular flexibility index (Phi) is 8.00. The summed E-state index contributed by atoms with van der Waals surface area (Å²) < 4.78 is 11.0. The minimum Gasteiger partial charge on any atom is -0.506 e. The molecule has 1 saturated heterocycles. The van der Waals surface area contributed by atoms with Crippen molar-refractivity contribution in [3.8, 4) is 17.2 Å². The molecule has 0 spiro atoms. The van der Waals surface area contributed by atoms with Crippen LogP contribution in [0.2, 0.25) is 5.02 Å². The van der Waals surface area contributed by atoms with Crippen molar-refractivity contribution in [3.05, 3.63) is 51.9 Å². The van der Waals surface area contributed by atoms with Gasteiger partial charge in [-0.25, -0.2) is 0 Å². The zero-order valence-electron chi connectivity index (χ0n) is 17.4. The Balaban J connectivity index is 1.58. The molecule has 0 atom stereocenters. The largest absolute Gasteiger partial charge is 0.506 e. The lowest BCUT2D eigenvalue weighted by molar-refractivity contribution is -0.122. The highest BCUT2D eigenvalue weighted by atomic mass is 35.5. The summed E-state index contributed by atoms with van der Waals surface area (Å²) in [5, 5.41) is 12.8. The van der Waals surface area contributed by atoms with Crippen molar-refractivity contribution >= 4 is 63.5 Å². The molecule has 0 radical (unpaired) electrons. The molecule has 10 heteroatoms. The number of anilines is 1. The van der Waals surface area contributed by atoms with E-state index in [4.69, 9.17) is 33.3 Å². The summed E-state index contributed by atoms with van der Waals surface area (Å²) in [6.45, 7) is 0.308. The van der Waals surface area contributed by atoms with Crippen LogP contribution >= 0.6 is 35.6 Å². The molecule has 0 unspecified atom stereocenters. The lowest BCUT2D eigenvalue weighted by Crippen LogP contribution is -2.29. The van der Waals surface area contributed by atoms with Crippen LogP contribution in [0.4, 0.5) is 5.69 Å². The number of nitrogens with one attached hydrogen (secondary N) is 1. The third-order valence-electron chi connectivity index (χ3n) is 4.60. The maximum atomic E-state index is 12.8. The van der Waals surface area contributed by atoms with Crippen LogP contribution < -0.4 is 14.8 Å². The average molecular weight is 493 g/mol. The molecule has 0 saturated carbocycles. The summed E-state index contributed by atoms with van der Waals surface area (Å²) in [4.78, 5) is 27.0. The standard InChI is InChI=1S/C22H21ClN2O5S2/c1-29-17-8-5-13(10-18(17)30-2)11-19-21(28)25(22(31)32-19)9-3-4-20(27)24-15-12-14(23)6-7-16(15)26/h5-8,10-12,26H,3-4,9H2,1-2H3,(H,24,27). The summed E-state index contributed by atoms with van der Waals surface area (Å²) in [6, 6.07) is 9.77. The zero-order chi connectivity index (χ0) is 23.3. The van der Waals surface area contributed by atoms with Crippen LogP contribution in [0.3, 0.4) is 0 Å². The van der Waals surface area contributed by atoms with Gasteiger partial charge in [0, 0.05) is 18.0 Å². The molecule has 2 aromatic rings. The van der Waals surface area contributed by atoms with Crippen LogP contribution in [0.1, 0.15) is 18.4 Å². The number of rotatable bonds is 8. The van der Waals surface area contributed by atoms with Gasteiger partial charge in [0.2, 0.25) is 5.91 Å². The Morgan fingerprint density at radius 1 is 1.22 bits per heavy atom. The first-order valence-corrected chi connectivity index (χ1v) is 11.2. The first-order valence-electron chi connectivity index (χ1n) is 9.58. The number of hydrogen-bond donors (Lipinski definition) is 2. The van der Waals surface area contributed by atoms with Gasteiger partial charge in [0.05, 0.1) is 24.8 Å². The van der Waals surface area contributed by atoms with Crippen molar-refractivity contribution in [1.29, 1.82) is 0 Å². The molecular formula is C22H21ClN2O5S2. The molecule has 0 aliphatic carbocycles. The molecule has 3 rings (SSSR count). The fourth-order valence-electron chi connectivity index (χ4n) is 3.01. The van der Waals surface area contributed by atoms with E-state index >= 15 is 0 Å². The third-order valence-corrected chi connectivity index (χ3v) is 6.21. The normalized spacial score (nSPS) is 14.7. The van der Waals surface area contributed by atoms with E-state index in [9.17, 15) is 14.7 Å². The number of carbonyl (C=O) groups excluding carboxylic acids is 2. The van der Waals surface area contributed by atoms with Crippen molar-refractivity contribution < 1.29 is 24.2 Å². The number of phenolic OH excluding ortho intramolecular Hbond substituents is 1. The quantitative estimate of drug-likeness (QED) is 0.314. The minimum absolute atomic E-state index is 0.0695. The van der Waals surface area contributed by atoms with Gasteiger partial charge < -0.3 is 19.9 Å². The van der Waals surface area contributed by atoms with Crippen molar-refractivity contribution in [3.63, 3.8) is 0 Å². The van der Waals surface area contributed by atoms with E-state index in [1.807, 2.05) is 6.07 Å². The first-order chi connectivity index (χ1) is 15.3. The van der Waals surface area contributed by atoms with Crippen LogP contribution in [-0.2, 0) is 9.59 Å². The summed E-state index contributed by atoms with van der Waals surface area (Å²) in [7, 11) is 3.10. The van der Waals surface area contributed by atoms with Gasteiger partial charge in [-0.1, -0.05) is 41.6 Å². The first kappa shape index (κ1) is 23.9. The average Bonchev–Trinajstić information content (AvgIpc) is 3.03. The van der Waals surface area contributed by atoms with Gasteiger partial charge in [0.1, 0.15) is 10.1 Å². The Morgan fingerprint density at radius 3 is 2.69 bits per heavy atom. The Morgan fingerprint density at radius 2 is 1.97 bits per heavy atom. The number of thiocarbonyl (C=S) groups is 1. The predicted molar refractivity (Wildman–Crippen MR) is 130 cm³/mol. The molecule has 2 aromatic carbocycles. The second kappa shape index (κ2) is 10.7. The van der Waals surface area contributed by atoms with Gasteiger partial charge in [-0.2, -0.15) is 0 Å². The third kappa shape index (κ3) is 5.73. The molecule has 7 nitrogen and oxygen atoms in total. The van der Waals surface area contributed by atoms with Crippen LogP contribution in [0.15, 0.2) is 41.3 Å². The SMILES string of the molecule is COc1ccc(C=C2SC(=S)N(CCCC(=O)Nc3cc(Cl)ccc3O)C2=O)cc1OC. The molecular weight excluding hydrogens is 472 g/mol. The summed E-state index contributed by atoms with van der Waals surface area (Å²) in [5.41, 5.74) is 1.02. The maximum Gasteiger partial charge on any atom is 0.266 e. The van der Waals surface area contributed by atoms with E-state index in [2.05, 4.69) is 5.32 Å². The summed E-state index contributed by atoms with van der Waals surface area (Å²) >= 11 is 12.4. The highest BCUT2D eigenvalue weighted by Crippen LogP contribution is 2.35. The van der Waals surface area contributed by atoms with Gasteiger partial charge in [0.15, 0.2) is 11.5 Å². The fraction of sp³-hybridized carbons (Fsp3) is 0.227. The lowest BCUT2D eigenvalue weighted by atomic mass is 10.2. The van der Waals surface area contributed by atoms with Gasteiger partial charge in [-0.15, -0.1) is 0 Å². The van der Waals surface area contributed by atoms with E-state index in [1.165, 1.54) is 34.9 Å². The zero-order valence-corrected chi connectivity index (χ0v) is 19.8. The van der Waals surface area contributed by atoms with Crippen molar-refractivity contribution in [1.82, 2.24) is 4.90 Å².